The first-order valence-electron chi connectivity index (χ1n) is 6.59. The van der Waals surface area contributed by atoms with Crippen LogP contribution in [0.15, 0.2) is 31.1 Å². The molecule has 1 aromatic heterocycles. The summed E-state index contributed by atoms with van der Waals surface area (Å²) in [5.74, 6) is 0.583. The molecule has 2 saturated heterocycles. The Hall–Kier alpha value is -1.26. The minimum Gasteiger partial charge on any atom is -0.382 e. The SMILES string of the molecule is C=CCN1C2CCC1CC(O)(c1ncccn1)C2. The number of hydrogen-bond acceptors (Lipinski definition) is 4. The van der Waals surface area contributed by atoms with Gasteiger partial charge < -0.3 is 5.11 Å². The van der Waals surface area contributed by atoms with Crippen LogP contribution in [-0.4, -0.2) is 38.6 Å². The molecule has 2 aliphatic heterocycles. The van der Waals surface area contributed by atoms with Crippen molar-refractivity contribution < 1.29 is 5.11 Å². The van der Waals surface area contributed by atoms with Gasteiger partial charge in [0.2, 0.25) is 0 Å². The molecule has 0 amide bonds. The predicted molar refractivity (Wildman–Crippen MR) is 68.9 cm³/mol. The fraction of sp³-hybridized carbons (Fsp3) is 0.571. The van der Waals surface area contributed by atoms with E-state index in [4.69, 9.17) is 0 Å². The molecule has 0 radical (unpaired) electrons. The van der Waals surface area contributed by atoms with E-state index in [1.54, 1.807) is 18.5 Å². The van der Waals surface area contributed by atoms with Crippen LogP contribution >= 0.6 is 0 Å². The first-order valence-corrected chi connectivity index (χ1v) is 6.59. The van der Waals surface area contributed by atoms with E-state index in [1.807, 2.05) is 6.08 Å². The number of fused-ring (bicyclic) bond motifs is 2. The van der Waals surface area contributed by atoms with Crippen molar-refractivity contribution in [1.82, 2.24) is 14.9 Å². The van der Waals surface area contributed by atoms with Crippen LogP contribution in [0.4, 0.5) is 0 Å². The van der Waals surface area contributed by atoms with E-state index in [0.29, 0.717) is 17.9 Å². The third-order valence-electron chi connectivity index (χ3n) is 4.24. The molecule has 18 heavy (non-hydrogen) atoms. The molecule has 2 aliphatic rings. The van der Waals surface area contributed by atoms with Crippen molar-refractivity contribution in [3.05, 3.63) is 36.9 Å². The minimum atomic E-state index is -0.842. The third-order valence-corrected chi connectivity index (χ3v) is 4.24. The zero-order valence-corrected chi connectivity index (χ0v) is 10.5. The molecule has 4 nitrogen and oxygen atoms in total. The van der Waals surface area contributed by atoms with Crippen molar-refractivity contribution in [3.8, 4) is 0 Å². The van der Waals surface area contributed by atoms with Crippen LogP contribution in [0, 0.1) is 0 Å². The van der Waals surface area contributed by atoms with Crippen LogP contribution in [0.3, 0.4) is 0 Å². The monoisotopic (exact) mass is 245 g/mol. The third kappa shape index (κ3) is 1.85. The van der Waals surface area contributed by atoms with E-state index >= 15 is 0 Å². The molecule has 2 atom stereocenters. The molecule has 2 unspecified atom stereocenters. The van der Waals surface area contributed by atoms with Crippen molar-refractivity contribution in [2.75, 3.05) is 6.54 Å². The van der Waals surface area contributed by atoms with Crippen LogP contribution in [0.1, 0.15) is 31.5 Å². The molecule has 0 aromatic carbocycles. The van der Waals surface area contributed by atoms with Gasteiger partial charge in [-0.15, -0.1) is 6.58 Å². The lowest BCUT2D eigenvalue weighted by Crippen LogP contribution is -2.50. The van der Waals surface area contributed by atoms with Gasteiger partial charge in [-0.3, -0.25) is 4.90 Å². The Balaban J connectivity index is 1.85. The first-order chi connectivity index (χ1) is 8.73. The summed E-state index contributed by atoms with van der Waals surface area (Å²) in [6, 6.07) is 2.67. The zero-order chi connectivity index (χ0) is 12.6. The van der Waals surface area contributed by atoms with Gasteiger partial charge in [0.1, 0.15) is 5.60 Å². The number of piperidine rings is 1. The van der Waals surface area contributed by atoms with Crippen molar-refractivity contribution >= 4 is 0 Å². The Morgan fingerprint density at radius 1 is 1.33 bits per heavy atom. The second-order valence-electron chi connectivity index (χ2n) is 5.38. The summed E-state index contributed by atoms with van der Waals surface area (Å²) in [6.45, 7) is 4.73. The molecule has 4 heteroatoms. The Morgan fingerprint density at radius 2 is 1.94 bits per heavy atom. The summed E-state index contributed by atoms with van der Waals surface area (Å²) in [7, 11) is 0. The summed E-state index contributed by atoms with van der Waals surface area (Å²) in [5, 5.41) is 10.8. The molecule has 3 rings (SSSR count). The predicted octanol–water partition coefficient (Wildman–Crippen LogP) is 1.48. The van der Waals surface area contributed by atoms with Crippen molar-refractivity contribution in [2.45, 2.75) is 43.4 Å². The van der Waals surface area contributed by atoms with Gasteiger partial charge in [-0.2, -0.15) is 0 Å². The number of rotatable bonds is 3. The van der Waals surface area contributed by atoms with E-state index in [-0.39, 0.29) is 0 Å². The normalized spacial score (nSPS) is 35.6. The average Bonchev–Trinajstić information content (AvgIpc) is 2.64. The molecule has 3 heterocycles. The summed E-state index contributed by atoms with van der Waals surface area (Å²) < 4.78 is 0. The summed E-state index contributed by atoms with van der Waals surface area (Å²) in [5.41, 5.74) is -0.842. The van der Waals surface area contributed by atoms with Gasteiger partial charge in [0.25, 0.3) is 0 Å². The van der Waals surface area contributed by atoms with E-state index in [1.165, 1.54) is 0 Å². The van der Waals surface area contributed by atoms with Crippen LogP contribution in [-0.2, 0) is 5.60 Å². The zero-order valence-electron chi connectivity index (χ0n) is 10.5. The number of nitrogens with zero attached hydrogens (tertiary/aromatic N) is 3. The van der Waals surface area contributed by atoms with Crippen LogP contribution in [0.5, 0.6) is 0 Å². The largest absolute Gasteiger partial charge is 0.382 e. The van der Waals surface area contributed by atoms with E-state index < -0.39 is 5.60 Å². The van der Waals surface area contributed by atoms with Gasteiger partial charge in [-0.25, -0.2) is 9.97 Å². The number of aromatic nitrogens is 2. The molecule has 2 fully saturated rings. The lowest BCUT2D eigenvalue weighted by Gasteiger charge is -2.42. The van der Waals surface area contributed by atoms with Gasteiger partial charge >= 0.3 is 0 Å². The van der Waals surface area contributed by atoms with Crippen molar-refractivity contribution in [3.63, 3.8) is 0 Å². The summed E-state index contributed by atoms with van der Waals surface area (Å²) >= 11 is 0. The van der Waals surface area contributed by atoms with E-state index in [2.05, 4.69) is 21.4 Å². The lowest BCUT2D eigenvalue weighted by atomic mass is 9.85. The highest BCUT2D eigenvalue weighted by molar-refractivity contribution is 5.11. The second-order valence-corrected chi connectivity index (χ2v) is 5.38. The minimum absolute atomic E-state index is 0.440. The fourth-order valence-electron chi connectivity index (χ4n) is 3.49. The topological polar surface area (TPSA) is 49.2 Å². The van der Waals surface area contributed by atoms with Crippen LogP contribution < -0.4 is 0 Å². The molecule has 0 saturated carbocycles. The summed E-state index contributed by atoms with van der Waals surface area (Å²) in [4.78, 5) is 10.9. The average molecular weight is 245 g/mol. The smallest absolute Gasteiger partial charge is 0.160 e. The Bertz CT molecular complexity index is 420. The summed E-state index contributed by atoms with van der Waals surface area (Å²) in [6.07, 6.45) is 9.16. The molecule has 0 spiro atoms. The Kier molecular flexibility index (Phi) is 2.92. The molecule has 96 valence electrons. The van der Waals surface area contributed by atoms with Gasteiger partial charge in [0, 0.05) is 31.0 Å². The van der Waals surface area contributed by atoms with Crippen molar-refractivity contribution in [2.24, 2.45) is 0 Å². The number of aliphatic hydroxyl groups is 1. The molecule has 2 bridgehead atoms. The number of hydrogen-bond donors (Lipinski definition) is 1. The highest BCUT2D eigenvalue weighted by atomic mass is 16.3. The fourth-order valence-corrected chi connectivity index (χ4v) is 3.49. The maximum Gasteiger partial charge on any atom is 0.160 e. The van der Waals surface area contributed by atoms with Crippen LogP contribution in [0.25, 0.3) is 0 Å². The quantitative estimate of drug-likeness (QED) is 0.819. The first kappa shape index (κ1) is 11.8. The van der Waals surface area contributed by atoms with Gasteiger partial charge in [0.15, 0.2) is 5.82 Å². The molecular formula is C14H19N3O. The van der Waals surface area contributed by atoms with Crippen LogP contribution in [0.2, 0.25) is 0 Å². The standard InChI is InChI=1S/C14H19N3O/c1-2-8-17-11-4-5-12(17)10-14(18,9-11)13-15-6-3-7-16-13/h2-3,6-7,11-12,18H,1,4-5,8-10H2. The Morgan fingerprint density at radius 3 is 2.50 bits per heavy atom. The second kappa shape index (κ2) is 4.44. The molecule has 0 aliphatic carbocycles. The van der Waals surface area contributed by atoms with E-state index in [9.17, 15) is 5.11 Å². The van der Waals surface area contributed by atoms with Crippen molar-refractivity contribution in [1.29, 1.82) is 0 Å². The Labute approximate surface area is 107 Å². The highest BCUT2D eigenvalue weighted by Gasteiger charge is 2.49. The maximum absolute atomic E-state index is 10.8. The maximum atomic E-state index is 10.8. The van der Waals surface area contributed by atoms with Gasteiger partial charge in [-0.05, 0) is 31.7 Å². The molecular weight excluding hydrogens is 226 g/mol. The molecule has 1 N–H and O–H groups in total. The van der Waals surface area contributed by atoms with Gasteiger partial charge in [0.05, 0.1) is 0 Å². The van der Waals surface area contributed by atoms with E-state index in [0.717, 1.165) is 32.2 Å². The molecule has 1 aromatic rings. The van der Waals surface area contributed by atoms with Gasteiger partial charge in [-0.1, -0.05) is 6.08 Å². The lowest BCUT2D eigenvalue weighted by molar-refractivity contribution is -0.0597. The highest BCUT2D eigenvalue weighted by Crippen LogP contribution is 2.44.